The normalized spacial score (nSPS) is 11.9. The number of rotatable bonds is 10. The third kappa shape index (κ3) is 6.02. The summed E-state index contributed by atoms with van der Waals surface area (Å²) in [7, 11) is 0. The monoisotopic (exact) mass is 465 g/mol. The van der Waals surface area contributed by atoms with Gasteiger partial charge in [-0.25, -0.2) is 0 Å². The van der Waals surface area contributed by atoms with Crippen molar-refractivity contribution in [3.05, 3.63) is 60.3 Å². The summed E-state index contributed by atoms with van der Waals surface area (Å²) in [5.41, 5.74) is 1.71. The van der Waals surface area contributed by atoms with E-state index in [0.29, 0.717) is 12.2 Å². The molecule has 3 rings (SSSR count). The Balaban J connectivity index is 1.95. The number of esters is 2. The van der Waals surface area contributed by atoms with Gasteiger partial charge in [0.25, 0.3) is 5.91 Å². The Bertz CT molecular complexity index is 1170. The molecule has 1 amide bonds. The smallest absolute Gasteiger partial charge is 0.308 e. The molecule has 0 radical (unpaired) electrons. The Morgan fingerprint density at radius 1 is 0.971 bits per heavy atom. The third-order valence-electron chi connectivity index (χ3n) is 5.52. The topological polar surface area (TPSA) is 89.9 Å². The number of carbonyl (C=O) groups excluding carboxylic acids is 3. The molecule has 0 aliphatic rings. The van der Waals surface area contributed by atoms with Crippen LogP contribution >= 0.6 is 0 Å². The molecule has 0 aliphatic carbocycles. The van der Waals surface area contributed by atoms with Crippen LogP contribution in [0.5, 0.6) is 5.75 Å². The van der Waals surface area contributed by atoms with Crippen LogP contribution in [0.2, 0.25) is 0 Å². The summed E-state index contributed by atoms with van der Waals surface area (Å²) in [6.07, 6.45) is 1.36. The van der Waals surface area contributed by atoms with Crippen LogP contribution in [0.4, 0.5) is 0 Å². The zero-order valence-corrected chi connectivity index (χ0v) is 20.0. The van der Waals surface area contributed by atoms with Crippen LogP contribution < -0.4 is 10.1 Å². The van der Waals surface area contributed by atoms with Crippen LogP contribution in [-0.2, 0) is 14.3 Å². The fraction of sp³-hybridized carbons (Fsp3) is 0.346. The number of ether oxygens (including phenoxy) is 2. The molecule has 1 aromatic heterocycles. The van der Waals surface area contributed by atoms with Crippen molar-refractivity contribution >= 4 is 28.7 Å². The van der Waals surface area contributed by atoms with Crippen molar-refractivity contribution in [3.8, 4) is 11.4 Å². The molecule has 3 aromatic rings. The second kappa shape index (κ2) is 11.5. The largest absolute Gasteiger partial charge is 0.459 e. The van der Waals surface area contributed by atoms with Gasteiger partial charge in [0.05, 0.1) is 17.7 Å². The highest BCUT2D eigenvalue weighted by molar-refractivity contribution is 6.02. The SMILES string of the molecule is CCN(CC)CC(CNC(=O)c1c(OC(C)=O)cccc1-n1ccc2ccccc21)OC(C)=O. The minimum atomic E-state index is -0.525. The molecule has 0 spiro atoms. The summed E-state index contributed by atoms with van der Waals surface area (Å²) in [4.78, 5) is 38.9. The predicted octanol–water partition coefficient (Wildman–Crippen LogP) is 3.56. The Hall–Kier alpha value is -3.65. The molecule has 0 aliphatic heterocycles. The molecule has 1 heterocycles. The van der Waals surface area contributed by atoms with Gasteiger partial charge in [-0.1, -0.05) is 38.1 Å². The molecule has 1 N–H and O–H groups in total. The van der Waals surface area contributed by atoms with E-state index in [0.717, 1.165) is 24.0 Å². The molecule has 0 saturated carbocycles. The number of fused-ring (bicyclic) bond motifs is 1. The minimum Gasteiger partial charge on any atom is -0.459 e. The van der Waals surface area contributed by atoms with Crippen molar-refractivity contribution < 1.29 is 23.9 Å². The van der Waals surface area contributed by atoms with E-state index in [4.69, 9.17) is 9.47 Å². The van der Waals surface area contributed by atoms with Crippen LogP contribution in [0.1, 0.15) is 38.1 Å². The van der Waals surface area contributed by atoms with E-state index in [9.17, 15) is 14.4 Å². The number of hydrogen-bond acceptors (Lipinski definition) is 6. The number of nitrogens with one attached hydrogen (secondary N) is 1. The van der Waals surface area contributed by atoms with Gasteiger partial charge in [-0.3, -0.25) is 14.4 Å². The second-order valence-electron chi connectivity index (χ2n) is 7.92. The molecule has 0 bridgehead atoms. The zero-order valence-electron chi connectivity index (χ0n) is 20.0. The Morgan fingerprint density at radius 3 is 2.38 bits per heavy atom. The molecule has 1 atom stereocenters. The maximum Gasteiger partial charge on any atom is 0.308 e. The lowest BCUT2D eigenvalue weighted by Crippen LogP contribution is -2.42. The molecule has 0 fully saturated rings. The van der Waals surface area contributed by atoms with E-state index in [1.54, 1.807) is 18.2 Å². The molecular formula is C26H31N3O5. The van der Waals surface area contributed by atoms with Crippen molar-refractivity contribution in [2.45, 2.75) is 33.8 Å². The van der Waals surface area contributed by atoms with Crippen LogP contribution in [-0.4, -0.2) is 59.6 Å². The third-order valence-corrected chi connectivity index (χ3v) is 5.52. The number of nitrogens with zero attached hydrogens (tertiary/aromatic N) is 2. The van der Waals surface area contributed by atoms with Crippen molar-refractivity contribution in [2.75, 3.05) is 26.2 Å². The highest BCUT2D eigenvalue weighted by Gasteiger charge is 2.23. The van der Waals surface area contributed by atoms with Crippen molar-refractivity contribution in [2.24, 2.45) is 0 Å². The first-order valence-corrected chi connectivity index (χ1v) is 11.4. The molecular weight excluding hydrogens is 434 g/mol. The lowest BCUT2D eigenvalue weighted by Gasteiger charge is -2.25. The Morgan fingerprint density at radius 2 is 1.71 bits per heavy atom. The molecule has 180 valence electrons. The fourth-order valence-electron chi connectivity index (χ4n) is 3.92. The number of aromatic nitrogens is 1. The van der Waals surface area contributed by atoms with E-state index >= 15 is 0 Å². The first kappa shape index (κ1) is 25.0. The standard InChI is InChI=1S/C26H31N3O5/c1-5-28(6-2)17-21(33-18(3)30)16-27-26(32)25-23(12-9-13-24(25)34-19(4)31)29-15-14-20-10-7-8-11-22(20)29/h7-15,21H,5-6,16-17H2,1-4H3,(H,27,32). The van der Waals surface area contributed by atoms with Crippen LogP contribution in [0.15, 0.2) is 54.7 Å². The summed E-state index contributed by atoms with van der Waals surface area (Å²) in [6, 6.07) is 14.9. The lowest BCUT2D eigenvalue weighted by molar-refractivity contribution is -0.147. The van der Waals surface area contributed by atoms with E-state index < -0.39 is 23.9 Å². The van der Waals surface area contributed by atoms with E-state index in [-0.39, 0.29) is 17.9 Å². The Labute approximate surface area is 199 Å². The summed E-state index contributed by atoms with van der Waals surface area (Å²) in [5, 5.41) is 3.89. The van der Waals surface area contributed by atoms with Crippen LogP contribution in [0.25, 0.3) is 16.6 Å². The highest BCUT2D eigenvalue weighted by atomic mass is 16.5. The number of hydrogen-bond donors (Lipinski definition) is 1. The lowest BCUT2D eigenvalue weighted by atomic mass is 10.1. The number of para-hydroxylation sites is 1. The average molecular weight is 466 g/mol. The van der Waals surface area contributed by atoms with Crippen LogP contribution in [0, 0.1) is 0 Å². The minimum absolute atomic E-state index is 0.120. The maximum atomic E-state index is 13.4. The van der Waals surface area contributed by atoms with Gasteiger partial charge >= 0.3 is 11.9 Å². The highest BCUT2D eigenvalue weighted by Crippen LogP contribution is 2.29. The predicted molar refractivity (Wildman–Crippen MR) is 130 cm³/mol. The van der Waals surface area contributed by atoms with Gasteiger partial charge in [-0.05, 0) is 42.7 Å². The van der Waals surface area contributed by atoms with E-state index in [1.807, 2.05) is 54.9 Å². The first-order valence-electron chi connectivity index (χ1n) is 11.4. The van der Waals surface area contributed by atoms with Gasteiger partial charge in [-0.2, -0.15) is 0 Å². The summed E-state index contributed by atoms with van der Waals surface area (Å²) in [6.45, 7) is 8.89. The van der Waals surface area contributed by atoms with Gasteiger partial charge in [0, 0.05) is 26.6 Å². The maximum absolute atomic E-state index is 13.4. The fourth-order valence-corrected chi connectivity index (χ4v) is 3.92. The molecule has 0 saturated heterocycles. The van der Waals surface area contributed by atoms with Crippen molar-refractivity contribution in [1.29, 1.82) is 0 Å². The summed E-state index contributed by atoms with van der Waals surface area (Å²) >= 11 is 0. The molecule has 8 heteroatoms. The summed E-state index contributed by atoms with van der Waals surface area (Å²) < 4.78 is 12.7. The van der Waals surface area contributed by atoms with Crippen molar-refractivity contribution in [3.63, 3.8) is 0 Å². The number of carbonyl (C=O) groups is 3. The van der Waals surface area contributed by atoms with Crippen LogP contribution in [0.3, 0.4) is 0 Å². The van der Waals surface area contributed by atoms with Gasteiger partial charge in [0.1, 0.15) is 17.4 Å². The first-order chi connectivity index (χ1) is 16.3. The summed E-state index contributed by atoms with van der Waals surface area (Å²) in [5.74, 6) is -1.21. The molecule has 8 nitrogen and oxygen atoms in total. The van der Waals surface area contributed by atoms with Crippen molar-refractivity contribution in [1.82, 2.24) is 14.8 Å². The van der Waals surface area contributed by atoms with E-state index in [2.05, 4.69) is 10.2 Å². The van der Waals surface area contributed by atoms with Gasteiger partial charge in [0.2, 0.25) is 0 Å². The van der Waals surface area contributed by atoms with E-state index in [1.165, 1.54) is 13.8 Å². The Kier molecular flexibility index (Phi) is 8.43. The second-order valence-corrected chi connectivity index (χ2v) is 7.92. The number of amides is 1. The molecule has 1 unspecified atom stereocenters. The van der Waals surface area contributed by atoms with Gasteiger partial charge < -0.3 is 24.3 Å². The molecule has 34 heavy (non-hydrogen) atoms. The number of likely N-dealkylation sites (N-methyl/N-ethyl adjacent to an activating group) is 1. The average Bonchev–Trinajstić information content (AvgIpc) is 3.23. The van der Waals surface area contributed by atoms with Gasteiger partial charge in [-0.15, -0.1) is 0 Å². The quantitative estimate of drug-likeness (QED) is 0.364. The zero-order chi connectivity index (χ0) is 24.7. The van der Waals surface area contributed by atoms with Gasteiger partial charge in [0.15, 0.2) is 0 Å². The molecule has 2 aromatic carbocycles. The number of benzene rings is 2.